The number of nitrogens with zero attached hydrogens (tertiary/aromatic N) is 1. The zero-order valence-corrected chi connectivity index (χ0v) is 13.9. The summed E-state index contributed by atoms with van der Waals surface area (Å²) in [5.74, 6) is -0.478. The van der Waals surface area contributed by atoms with Crippen LogP contribution < -0.4 is 9.88 Å². The van der Waals surface area contributed by atoms with Crippen LogP contribution in [0.1, 0.15) is 42.2 Å². The molecule has 4 nitrogen and oxygen atoms in total. The molecule has 0 saturated carbocycles. The van der Waals surface area contributed by atoms with Crippen molar-refractivity contribution in [1.82, 2.24) is 0 Å². The maximum Gasteiger partial charge on any atom is 0.477 e. The molecule has 1 aromatic heterocycles. The van der Waals surface area contributed by atoms with Gasteiger partial charge in [-0.1, -0.05) is 0 Å². The molecule has 3 rings (SSSR count). The molecule has 0 spiro atoms. The second-order valence-electron chi connectivity index (χ2n) is 6.09. The number of fused-ring (bicyclic) bond motifs is 1. The third-order valence-electron chi connectivity index (χ3n) is 4.36. The van der Waals surface area contributed by atoms with Crippen molar-refractivity contribution in [3.63, 3.8) is 0 Å². The number of aromatic nitrogens is 1. The molecule has 7 heteroatoms. The molecule has 0 atom stereocenters. The Labute approximate surface area is 143 Å². The number of nitrogens with one attached hydrogen (secondary N) is 1. The minimum Gasteiger partial charge on any atom is -0.462 e. The highest BCUT2D eigenvalue weighted by molar-refractivity contribution is 5.98. The van der Waals surface area contributed by atoms with E-state index in [0.29, 0.717) is 35.2 Å². The van der Waals surface area contributed by atoms with Crippen molar-refractivity contribution in [2.24, 2.45) is 0 Å². The Balaban J connectivity index is 2.15. The van der Waals surface area contributed by atoms with E-state index in [1.807, 2.05) is 4.90 Å². The number of pyridine rings is 1. The quantitative estimate of drug-likeness (QED) is 0.788. The first-order chi connectivity index (χ1) is 11.9. The predicted octanol–water partition coefficient (Wildman–Crippen LogP) is 3.84. The number of halogens is 3. The molecule has 1 aromatic carbocycles. The lowest BCUT2D eigenvalue weighted by Gasteiger charge is -2.29. The summed E-state index contributed by atoms with van der Waals surface area (Å²) in [6, 6.07) is 5.73. The number of carbonyl (C=O) groups is 1. The highest BCUT2D eigenvalue weighted by atomic mass is 19.4. The molecule has 134 valence electrons. The molecule has 2 aromatic rings. The molecule has 1 N–H and O–H groups in total. The van der Waals surface area contributed by atoms with Crippen LogP contribution in [0, 0.1) is 0 Å². The van der Waals surface area contributed by atoms with Crippen LogP contribution in [-0.2, 0) is 10.9 Å². The third kappa shape index (κ3) is 3.70. The van der Waals surface area contributed by atoms with Crippen molar-refractivity contribution in [3.8, 4) is 0 Å². The minimum atomic E-state index is -4.46. The van der Waals surface area contributed by atoms with Crippen molar-refractivity contribution in [2.75, 3.05) is 24.6 Å². The highest BCUT2D eigenvalue weighted by Crippen LogP contribution is 2.34. The number of carbonyl (C=O) groups excluding carboxylic acids is 1. The van der Waals surface area contributed by atoms with Crippen LogP contribution in [0.3, 0.4) is 0 Å². The number of alkyl halides is 3. The van der Waals surface area contributed by atoms with Gasteiger partial charge in [-0.3, -0.25) is 0 Å². The fourth-order valence-electron chi connectivity index (χ4n) is 3.15. The molecular formula is C18H20F3N2O2+. The average molecular weight is 353 g/mol. The predicted molar refractivity (Wildman–Crippen MR) is 87.5 cm³/mol. The van der Waals surface area contributed by atoms with Gasteiger partial charge in [0.05, 0.1) is 23.2 Å². The lowest BCUT2D eigenvalue weighted by molar-refractivity contribution is -0.398. The lowest BCUT2D eigenvalue weighted by atomic mass is 10.0. The summed E-state index contributed by atoms with van der Waals surface area (Å²) in [5.41, 5.74) is 0.403. The Hall–Kier alpha value is -2.31. The summed E-state index contributed by atoms with van der Waals surface area (Å²) in [6.07, 6.45) is -1.50. The fourth-order valence-corrected chi connectivity index (χ4v) is 3.15. The molecular weight excluding hydrogens is 333 g/mol. The van der Waals surface area contributed by atoms with Crippen LogP contribution >= 0.6 is 0 Å². The van der Waals surface area contributed by atoms with E-state index in [1.54, 1.807) is 13.0 Å². The SMILES string of the molecule is CCOC(=O)c1ccc2[nH+]c(C(F)(F)F)cc(N3CCCCC3)c2c1. The smallest absolute Gasteiger partial charge is 0.462 e. The molecule has 0 unspecified atom stereocenters. The molecule has 25 heavy (non-hydrogen) atoms. The van der Waals surface area contributed by atoms with Crippen molar-refractivity contribution in [1.29, 1.82) is 0 Å². The van der Waals surface area contributed by atoms with Crippen LogP contribution in [-0.4, -0.2) is 25.7 Å². The highest BCUT2D eigenvalue weighted by Gasteiger charge is 2.39. The molecule has 0 aliphatic carbocycles. The van der Waals surface area contributed by atoms with Crippen molar-refractivity contribution >= 4 is 22.6 Å². The zero-order valence-electron chi connectivity index (χ0n) is 13.9. The van der Waals surface area contributed by atoms with Gasteiger partial charge in [0.15, 0.2) is 0 Å². The molecule has 1 fully saturated rings. The number of rotatable bonds is 3. The molecule has 1 aliphatic rings. The van der Waals surface area contributed by atoms with E-state index in [2.05, 4.69) is 4.98 Å². The standard InChI is InChI=1S/C18H19F3N2O2/c1-2-25-17(24)12-6-7-14-13(10-12)15(23-8-4-3-5-9-23)11-16(22-14)18(19,20)21/h6-7,10-11H,2-5,8-9H2,1H3/p+1. The summed E-state index contributed by atoms with van der Waals surface area (Å²) >= 11 is 0. The van der Waals surface area contributed by atoms with E-state index in [-0.39, 0.29) is 6.61 Å². The second kappa shape index (κ2) is 6.90. The van der Waals surface area contributed by atoms with Gasteiger partial charge in [-0.2, -0.15) is 13.2 Å². The summed E-state index contributed by atoms with van der Waals surface area (Å²) < 4.78 is 44.7. The lowest BCUT2D eigenvalue weighted by Crippen LogP contribution is -2.31. The Morgan fingerprint density at radius 1 is 1.20 bits per heavy atom. The maximum absolute atomic E-state index is 13.2. The van der Waals surface area contributed by atoms with Gasteiger partial charge >= 0.3 is 12.1 Å². The number of benzene rings is 1. The summed E-state index contributed by atoms with van der Waals surface area (Å²) in [7, 11) is 0. The topological polar surface area (TPSA) is 43.7 Å². The first-order valence-electron chi connectivity index (χ1n) is 8.39. The van der Waals surface area contributed by atoms with Crippen molar-refractivity contribution in [2.45, 2.75) is 32.4 Å². The Morgan fingerprint density at radius 3 is 2.56 bits per heavy atom. The number of hydrogen-bond acceptors (Lipinski definition) is 3. The van der Waals surface area contributed by atoms with E-state index >= 15 is 0 Å². The number of aromatic amines is 1. The van der Waals surface area contributed by atoms with E-state index in [0.717, 1.165) is 25.3 Å². The first kappa shape index (κ1) is 17.5. The number of ether oxygens (including phenoxy) is 1. The first-order valence-corrected chi connectivity index (χ1v) is 8.39. The summed E-state index contributed by atoms with van der Waals surface area (Å²) in [5, 5.41) is 0.598. The molecule has 0 bridgehead atoms. The maximum atomic E-state index is 13.2. The molecule has 0 radical (unpaired) electrons. The van der Waals surface area contributed by atoms with Crippen LogP contribution in [0.4, 0.5) is 18.9 Å². The normalized spacial score (nSPS) is 15.4. The van der Waals surface area contributed by atoms with Gasteiger partial charge in [-0.05, 0) is 38.3 Å². The Morgan fingerprint density at radius 2 is 1.92 bits per heavy atom. The largest absolute Gasteiger partial charge is 0.477 e. The minimum absolute atomic E-state index is 0.245. The Bertz CT molecular complexity index is 784. The molecule has 0 amide bonds. The average Bonchev–Trinajstić information content (AvgIpc) is 2.60. The second-order valence-corrected chi connectivity index (χ2v) is 6.09. The monoisotopic (exact) mass is 353 g/mol. The number of H-pyrrole nitrogens is 1. The molecule has 1 saturated heterocycles. The van der Waals surface area contributed by atoms with Gasteiger partial charge in [-0.15, -0.1) is 0 Å². The number of esters is 1. The van der Waals surface area contributed by atoms with E-state index < -0.39 is 17.8 Å². The van der Waals surface area contributed by atoms with E-state index in [9.17, 15) is 18.0 Å². The van der Waals surface area contributed by atoms with Gasteiger partial charge in [-0.25, -0.2) is 9.78 Å². The van der Waals surface area contributed by atoms with Gasteiger partial charge in [0, 0.05) is 25.2 Å². The number of piperidine rings is 1. The van der Waals surface area contributed by atoms with Gasteiger partial charge in [0.25, 0.3) is 5.69 Å². The van der Waals surface area contributed by atoms with Crippen LogP contribution in [0.5, 0.6) is 0 Å². The van der Waals surface area contributed by atoms with Crippen LogP contribution in [0.25, 0.3) is 10.9 Å². The van der Waals surface area contributed by atoms with Crippen molar-refractivity contribution < 1.29 is 27.7 Å². The van der Waals surface area contributed by atoms with Gasteiger partial charge < -0.3 is 9.64 Å². The van der Waals surface area contributed by atoms with Gasteiger partial charge in [0.1, 0.15) is 0 Å². The molecule has 2 heterocycles. The van der Waals surface area contributed by atoms with Crippen LogP contribution in [0.15, 0.2) is 24.3 Å². The fraction of sp³-hybridized carbons (Fsp3) is 0.444. The Kier molecular flexibility index (Phi) is 4.83. The third-order valence-corrected chi connectivity index (χ3v) is 4.36. The summed E-state index contributed by atoms with van der Waals surface area (Å²) in [4.78, 5) is 16.4. The van der Waals surface area contributed by atoms with Crippen molar-refractivity contribution in [3.05, 3.63) is 35.5 Å². The van der Waals surface area contributed by atoms with Gasteiger partial charge in [0.2, 0.25) is 5.52 Å². The summed E-state index contributed by atoms with van der Waals surface area (Å²) in [6.45, 7) is 3.37. The van der Waals surface area contributed by atoms with E-state index in [1.165, 1.54) is 12.1 Å². The van der Waals surface area contributed by atoms with E-state index in [4.69, 9.17) is 4.74 Å². The number of anilines is 1. The van der Waals surface area contributed by atoms with Crippen LogP contribution in [0.2, 0.25) is 0 Å². The molecule has 1 aliphatic heterocycles. The zero-order chi connectivity index (χ0) is 18.0. The number of hydrogen-bond donors (Lipinski definition) is 0.